The molecular formula is C28H26N6O3S2. The average Bonchev–Trinajstić information content (AvgIpc) is 3.77. The van der Waals surface area contributed by atoms with Gasteiger partial charge in [0.05, 0.1) is 23.4 Å². The molecule has 6 rings (SSSR count). The predicted molar refractivity (Wildman–Crippen MR) is 152 cm³/mol. The van der Waals surface area contributed by atoms with Crippen LogP contribution in [0.3, 0.4) is 0 Å². The van der Waals surface area contributed by atoms with Crippen molar-refractivity contribution in [1.29, 1.82) is 0 Å². The number of para-hydroxylation sites is 3. The quantitative estimate of drug-likeness (QED) is 0.239. The van der Waals surface area contributed by atoms with Crippen molar-refractivity contribution in [2.45, 2.75) is 10.9 Å². The fourth-order valence-corrected chi connectivity index (χ4v) is 6.05. The van der Waals surface area contributed by atoms with E-state index in [1.165, 1.54) is 18.0 Å². The molecule has 5 aromatic rings. The molecule has 9 nitrogen and oxygen atoms in total. The summed E-state index contributed by atoms with van der Waals surface area (Å²) in [5.74, 6) is 2.39. The van der Waals surface area contributed by atoms with Crippen molar-refractivity contribution in [2.75, 3.05) is 38.2 Å². The van der Waals surface area contributed by atoms with Crippen LogP contribution in [0.25, 0.3) is 16.4 Å². The maximum absolute atomic E-state index is 13.2. The lowest BCUT2D eigenvalue weighted by molar-refractivity contribution is 0.0740. The van der Waals surface area contributed by atoms with E-state index >= 15 is 0 Å². The third-order valence-electron chi connectivity index (χ3n) is 6.48. The fourth-order valence-electron chi connectivity index (χ4n) is 4.54. The van der Waals surface area contributed by atoms with Gasteiger partial charge < -0.3 is 19.0 Å². The van der Waals surface area contributed by atoms with Crippen LogP contribution in [0.2, 0.25) is 0 Å². The van der Waals surface area contributed by atoms with Gasteiger partial charge in [0.25, 0.3) is 5.91 Å². The highest BCUT2D eigenvalue weighted by Gasteiger charge is 2.26. The van der Waals surface area contributed by atoms with Crippen LogP contribution < -0.4 is 9.64 Å². The molecule has 1 aliphatic rings. The monoisotopic (exact) mass is 558 g/mol. The van der Waals surface area contributed by atoms with Crippen LogP contribution in [0, 0.1) is 0 Å². The zero-order valence-corrected chi connectivity index (χ0v) is 22.9. The number of benzene rings is 2. The molecule has 3 aromatic heterocycles. The number of anilines is 1. The second kappa shape index (κ2) is 11.3. The minimum atomic E-state index is -0.123. The number of methoxy groups -OCH3 is 1. The number of hydrogen-bond acceptors (Lipinski definition) is 9. The van der Waals surface area contributed by atoms with Crippen molar-refractivity contribution in [2.24, 2.45) is 0 Å². The Kier molecular flexibility index (Phi) is 7.33. The number of carbonyl (C=O) groups excluding carboxylic acids is 1. The summed E-state index contributed by atoms with van der Waals surface area (Å²) < 4.78 is 13.2. The molecule has 39 heavy (non-hydrogen) atoms. The Labute approximate surface area is 234 Å². The molecule has 0 spiro atoms. The van der Waals surface area contributed by atoms with Crippen LogP contribution in [0.15, 0.2) is 87.9 Å². The predicted octanol–water partition coefficient (Wildman–Crippen LogP) is 5.25. The molecule has 1 saturated heterocycles. The third kappa shape index (κ3) is 5.27. The number of amides is 1. The molecule has 0 bridgehead atoms. The summed E-state index contributed by atoms with van der Waals surface area (Å²) in [6.07, 6.45) is 1.45. The van der Waals surface area contributed by atoms with Crippen molar-refractivity contribution in [3.63, 3.8) is 0 Å². The van der Waals surface area contributed by atoms with Crippen LogP contribution in [-0.4, -0.2) is 63.8 Å². The summed E-state index contributed by atoms with van der Waals surface area (Å²) in [4.78, 5) is 22.7. The van der Waals surface area contributed by atoms with Crippen molar-refractivity contribution in [3.8, 4) is 22.1 Å². The topological polar surface area (TPSA) is 89.5 Å². The van der Waals surface area contributed by atoms with Crippen molar-refractivity contribution in [1.82, 2.24) is 24.6 Å². The van der Waals surface area contributed by atoms with E-state index in [1.54, 1.807) is 18.4 Å². The summed E-state index contributed by atoms with van der Waals surface area (Å²) in [6.45, 7) is 2.63. The number of rotatable bonds is 8. The Morgan fingerprint density at radius 1 is 1.00 bits per heavy atom. The number of thiophene rings is 1. The minimum Gasteiger partial charge on any atom is -0.495 e. The minimum absolute atomic E-state index is 0.123. The maximum atomic E-state index is 13.2. The van der Waals surface area contributed by atoms with Crippen LogP contribution in [0.4, 0.5) is 5.69 Å². The molecule has 4 heterocycles. The summed E-state index contributed by atoms with van der Waals surface area (Å²) >= 11 is 3.09. The summed E-state index contributed by atoms with van der Waals surface area (Å²) in [6, 6.07) is 22.0. The summed E-state index contributed by atoms with van der Waals surface area (Å²) in [5.41, 5.74) is 2.34. The molecule has 2 aromatic carbocycles. The van der Waals surface area contributed by atoms with Gasteiger partial charge in [0, 0.05) is 31.9 Å². The van der Waals surface area contributed by atoms with E-state index in [4.69, 9.17) is 9.15 Å². The highest BCUT2D eigenvalue weighted by atomic mass is 32.2. The molecule has 0 aliphatic carbocycles. The van der Waals surface area contributed by atoms with Crippen LogP contribution in [-0.2, 0) is 5.75 Å². The Morgan fingerprint density at radius 3 is 2.56 bits per heavy atom. The largest absolute Gasteiger partial charge is 0.495 e. The van der Waals surface area contributed by atoms with Crippen molar-refractivity contribution >= 4 is 34.7 Å². The molecule has 0 saturated carbocycles. The highest BCUT2D eigenvalue weighted by molar-refractivity contribution is 7.98. The van der Waals surface area contributed by atoms with Crippen molar-refractivity contribution in [3.05, 3.63) is 90.0 Å². The molecule has 198 valence electrons. The van der Waals surface area contributed by atoms with E-state index in [0.29, 0.717) is 43.5 Å². The van der Waals surface area contributed by atoms with E-state index in [1.807, 2.05) is 81.6 Å². The van der Waals surface area contributed by atoms with Gasteiger partial charge in [-0.05, 0) is 35.7 Å². The van der Waals surface area contributed by atoms with Gasteiger partial charge in [-0.15, -0.1) is 21.5 Å². The standard InChI is InChI=1S/C28H26N6O3S2/c1-36-23-11-6-5-10-22(23)32-13-15-33(16-14-32)27(35)21-18-37-25(29-21)19-39-28-31-30-26(24-12-7-17-38-24)34(28)20-8-3-2-4-9-20/h2-12,17-18H,13-16,19H2,1H3. The second-order valence-corrected chi connectivity index (χ2v) is 10.7. The van der Waals surface area contributed by atoms with E-state index in [2.05, 4.69) is 20.1 Å². The molecule has 0 unspecified atom stereocenters. The lowest BCUT2D eigenvalue weighted by atomic mass is 10.2. The number of oxazole rings is 1. The Hall–Kier alpha value is -4.09. The Balaban J connectivity index is 1.12. The van der Waals surface area contributed by atoms with Gasteiger partial charge in [-0.2, -0.15) is 0 Å². The molecule has 11 heteroatoms. The lowest BCUT2D eigenvalue weighted by Crippen LogP contribution is -2.49. The number of nitrogens with zero attached hydrogens (tertiary/aromatic N) is 6. The Bertz CT molecular complexity index is 1540. The molecule has 1 amide bonds. The zero-order valence-electron chi connectivity index (χ0n) is 21.3. The van der Waals surface area contributed by atoms with E-state index in [0.717, 1.165) is 33.0 Å². The van der Waals surface area contributed by atoms with Crippen LogP contribution in [0.1, 0.15) is 16.4 Å². The average molecular weight is 559 g/mol. The molecular weight excluding hydrogens is 532 g/mol. The molecule has 0 N–H and O–H groups in total. The van der Waals surface area contributed by atoms with Gasteiger partial charge in [0.1, 0.15) is 12.0 Å². The second-order valence-electron chi connectivity index (χ2n) is 8.82. The lowest BCUT2D eigenvalue weighted by Gasteiger charge is -2.36. The SMILES string of the molecule is COc1ccccc1N1CCN(C(=O)c2coc(CSc3nnc(-c4cccs4)n3-c3ccccc3)n2)CC1. The van der Waals surface area contributed by atoms with Gasteiger partial charge >= 0.3 is 0 Å². The van der Waals surface area contributed by atoms with Crippen LogP contribution >= 0.6 is 23.1 Å². The maximum Gasteiger partial charge on any atom is 0.275 e. The molecule has 1 fully saturated rings. The van der Waals surface area contributed by atoms with Gasteiger partial charge in [-0.3, -0.25) is 9.36 Å². The molecule has 1 aliphatic heterocycles. The van der Waals surface area contributed by atoms with E-state index in [9.17, 15) is 4.79 Å². The number of ether oxygens (including phenoxy) is 1. The number of piperazine rings is 1. The van der Waals surface area contributed by atoms with Gasteiger partial charge in [-0.1, -0.05) is 48.2 Å². The first-order valence-corrected chi connectivity index (χ1v) is 14.4. The van der Waals surface area contributed by atoms with Crippen molar-refractivity contribution < 1.29 is 13.9 Å². The Morgan fingerprint density at radius 2 is 1.79 bits per heavy atom. The van der Waals surface area contributed by atoms with Gasteiger partial charge in [-0.25, -0.2) is 4.98 Å². The first kappa shape index (κ1) is 25.2. The molecule has 0 atom stereocenters. The number of carbonyl (C=O) groups is 1. The number of aromatic nitrogens is 4. The number of thioether (sulfide) groups is 1. The van der Waals surface area contributed by atoms with E-state index in [-0.39, 0.29) is 5.91 Å². The van der Waals surface area contributed by atoms with Gasteiger partial charge in [0.2, 0.25) is 5.89 Å². The summed E-state index contributed by atoms with van der Waals surface area (Å²) in [7, 11) is 1.67. The highest BCUT2D eigenvalue weighted by Crippen LogP contribution is 2.32. The first-order valence-electron chi connectivity index (χ1n) is 12.5. The van der Waals surface area contributed by atoms with Crippen LogP contribution in [0.5, 0.6) is 5.75 Å². The third-order valence-corrected chi connectivity index (χ3v) is 8.26. The fraction of sp³-hybridized carbons (Fsp3) is 0.214. The smallest absolute Gasteiger partial charge is 0.275 e. The normalized spacial score (nSPS) is 13.6. The van der Waals surface area contributed by atoms with E-state index < -0.39 is 0 Å². The summed E-state index contributed by atoms with van der Waals surface area (Å²) in [5, 5.41) is 11.7. The van der Waals surface area contributed by atoms with Gasteiger partial charge in [0.15, 0.2) is 16.7 Å². The molecule has 0 radical (unpaired) electrons. The first-order chi connectivity index (χ1) is 19.2. The number of hydrogen-bond donors (Lipinski definition) is 0. The zero-order chi connectivity index (χ0) is 26.6.